The highest BCUT2D eigenvalue weighted by molar-refractivity contribution is 6.18. The number of alkyl halides is 1. The molecule has 0 N–H and O–H groups in total. The van der Waals surface area contributed by atoms with E-state index in [1.807, 2.05) is 16.7 Å². The molecule has 0 bridgehead atoms. The molecule has 9 heteroatoms. The first-order valence-corrected chi connectivity index (χ1v) is 8.76. The Bertz CT molecular complexity index is 756. The molecule has 2 aliphatic rings. The van der Waals surface area contributed by atoms with E-state index < -0.39 is 17.9 Å². The summed E-state index contributed by atoms with van der Waals surface area (Å²) in [4.78, 5) is 31.5. The average molecular weight is 364 g/mol. The van der Waals surface area contributed by atoms with Crippen LogP contribution in [0, 0.1) is 11.7 Å². The number of anilines is 1. The van der Waals surface area contributed by atoms with Crippen LogP contribution in [0.4, 0.5) is 14.6 Å². The molecule has 0 aliphatic carbocycles. The highest BCUT2D eigenvalue weighted by Gasteiger charge is 2.33. The van der Waals surface area contributed by atoms with Crippen molar-refractivity contribution in [3.05, 3.63) is 17.8 Å². The van der Waals surface area contributed by atoms with Crippen LogP contribution in [-0.2, 0) is 11.2 Å². The minimum absolute atomic E-state index is 0.177. The lowest BCUT2D eigenvalue weighted by atomic mass is 10.0. The number of hydrogen-bond acceptors (Lipinski definition) is 6. The van der Waals surface area contributed by atoms with Crippen molar-refractivity contribution >= 4 is 23.4 Å². The molecule has 1 atom stereocenters. The number of carbonyl (C=O) groups is 1. The van der Waals surface area contributed by atoms with Crippen LogP contribution in [0.3, 0.4) is 0 Å². The lowest BCUT2D eigenvalue weighted by Crippen LogP contribution is -2.50. The second kappa shape index (κ2) is 7.43. The third-order valence-corrected chi connectivity index (χ3v) is 4.55. The second-order valence-electron chi connectivity index (χ2n) is 6.59. The molecule has 2 aliphatic heterocycles. The predicted molar refractivity (Wildman–Crippen MR) is 94.8 cm³/mol. The molecular weight excluding hydrogens is 342 g/mol. The monoisotopic (exact) mass is 364 g/mol. The smallest absolute Gasteiger partial charge is 0.289 e. The fourth-order valence-electron chi connectivity index (χ4n) is 3.02. The summed E-state index contributed by atoms with van der Waals surface area (Å²) in [5.41, 5.74) is 0.594. The number of piperazine rings is 1. The quantitative estimate of drug-likeness (QED) is 0.815. The highest BCUT2D eigenvalue weighted by atomic mass is 19.1. The van der Waals surface area contributed by atoms with Crippen LogP contribution in [0.1, 0.15) is 26.5 Å². The van der Waals surface area contributed by atoms with Gasteiger partial charge >= 0.3 is 0 Å². The van der Waals surface area contributed by atoms with Gasteiger partial charge in [0.05, 0.1) is 11.4 Å². The normalized spacial score (nSPS) is 21.2. The van der Waals surface area contributed by atoms with Crippen LogP contribution >= 0.6 is 0 Å². The highest BCUT2D eigenvalue weighted by Crippen LogP contribution is 2.21. The number of guanidine groups is 1. The summed E-state index contributed by atoms with van der Waals surface area (Å²) in [6.45, 7) is 7.40. The Balaban J connectivity index is 1.73. The molecule has 0 spiro atoms. The van der Waals surface area contributed by atoms with E-state index in [9.17, 15) is 13.6 Å². The predicted octanol–water partition coefficient (Wildman–Crippen LogP) is 1.63. The molecule has 140 valence electrons. The summed E-state index contributed by atoms with van der Waals surface area (Å²) in [5.74, 6) is -0.856. The van der Waals surface area contributed by atoms with Crippen molar-refractivity contribution in [1.29, 1.82) is 0 Å². The van der Waals surface area contributed by atoms with Crippen LogP contribution < -0.4 is 4.90 Å². The van der Waals surface area contributed by atoms with Gasteiger partial charge in [-0.2, -0.15) is 4.99 Å². The van der Waals surface area contributed by atoms with Crippen LogP contribution in [-0.4, -0.2) is 64.8 Å². The molecule has 1 amide bonds. The van der Waals surface area contributed by atoms with Crippen molar-refractivity contribution in [3.8, 4) is 0 Å². The standard InChI is InChI=1S/C17H22F2N6O/c1-4-11-12(18)15(21-9-20-11)24-5-7-25(8-6-24)17-22-14(10(2)3)13(19)16(26)23-17/h9-10,13H,4-8H2,1-3H3. The van der Waals surface area contributed by atoms with Crippen molar-refractivity contribution < 1.29 is 13.6 Å². The maximum atomic E-state index is 14.4. The first kappa shape index (κ1) is 18.3. The maximum absolute atomic E-state index is 14.4. The van der Waals surface area contributed by atoms with Crippen molar-refractivity contribution in [1.82, 2.24) is 14.9 Å². The molecule has 26 heavy (non-hydrogen) atoms. The Morgan fingerprint density at radius 2 is 1.81 bits per heavy atom. The SMILES string of the molecule is CCc1ncnc(N2CCN(C3=NC(=O)C(F)C(C(C)C)=N3)CC2)c1F. The number of amides is 1. The first-order chi connectivity index (χ1) is 12.4. The third kappa shape index (κ3) is 3.42. The molecule has 1 aromatic rings. The molecule has 0 radical (unpaired) electrons. The number of carbonyl (C=O) groups excluding carboxylic acids is 1. The fourth-order valence-corrected chi connectivity index (χ4v) is 3.02. The summed E-state index contributed by atoms with van der Waals surface area (Å²) in [6.07, 6.45) is 0.105. The Morgan fingerprint density at radius 3 is 2.42 bits per heavy atom. The van der Waals surface area contributed by atoms with Gasteiger partial charge in [0.2, 0.25) is 12.1 Å². The fraction of sp³-hybridized carbons (Fsp3) is 0.588. The summed E-state index contributed by atoms with van der Waals surface area (Å²) in [6, 6.07) is 0. The van der Waals surface area contributed by atoms with Gasteiger partial charge in [0, 0.05) is 26.2 Å². The van der Waals surface area contributed by atoms with E-state index in [0.29, 0.717) is 38.3 Å². The van der Waals surface area contributed by atoms with Gasteiger partial charge in [-0.25, -0.2) is 23.7 Å². The number of rotatable bonds is 3. The summed E-state index contributed by atoms with van der Waals surface area (Å²) >= 11 is 0. The molecule has 3 rings (SSSR count). The zero-order valence-corrected chi connectivity index (χ0v) is 15.1. The summed E-state index contributed by atoms with van der Waals surface area (Å²) in [5, 5.41) is 0. The minimum atomic E-state index is -1.76. The average Bonchev–Trinajstić information content (AvgIpc) is 2.64. The summed E-state index contributed by atoms with van der Waals surface area (Å²) < 4.78 is 28.4. The van der Waals surface area contributed by atoms with Gasteiger partial charge in [0.1, 0.15) is 6.33 Å². The molecule has 1 aromatic heterocycles. The first-order valence-electron chi connectivity index (χ1n) is 8.76. The number of halogens is 2. The van der Waals surface area contributed by atoms with E-state index in [2.05, 4.69) is 20.0 Å². The lowest BCUT2D eigenvalue weighted by molar-refractivity contribution is -0.120. The van der Waals surface area contributed by atoms with Crippen molar-refractivity contribution in [3.63, 3.8) is 0 Å². The zero-order valence-electron chi connectivity index (χ0n) is 15.1. The van der Waals surface area contributed by atoms with Crippen LogP contribution in [0.15, 0.2) is 16.3 Å². The van der Waals surface area contributed by atoms with Crippen LogP contribution in [0.5, 0.6) is 0 Å². The number of hydrogen-bond donors (Lipinski definition) is 0. The van der Waals surface area contributed by atoms with Crippen LogP contribution in [0.2, 0.25) is 0 Å². The Labute approximate surface area is 150 Å². The van der Waals surface area contributed by atoms with Gasteiger partial charge in [-0.15, -0.1) is 0 Å². The van der Waals surface area contributed by atoms with Gasteiger partial charge in [-0.1, -0.05) is 20.8 Å². The van der Waals surface area contributed by atoms with E-state index >= 15 is 0 Å². The van der Waals surface area contributed by atoms with Crippen LogP contribution in [0.25, 0.3) is 0 Å². The third-order valence-electron chi connectivity index (χ3n) is 4.55. The van der Waals surface area contributed by atoms with Crippen molar-refractivity contribution in [2.24, 2.45) is 15.9 Å². The molecule has 3 heterocycles. The van der Waals surface area contributed by atoms with Gasteiger partial charge in [0.15, 0.2) is 11.6 Å². The molecular formula is C17H22F2N6O. The molecule has 1 unspecified atom stereocenters. The Hall–Kier alpha value is -2.45. The number of aryl methyl sites for hydroxylation is 1. The lowest BCUT2D eigenvalue weighted by Gasteiger charge is -2.36. The molecule has 1 saturated heterocycles. The van der Waals surface area contributed by atoms with E-state index in [4.69, 9.17) is 0 Å². The molecule has 1 fully saturated rings. The number of aliphatic imine (C=N–C) groups is 2. The minimum Gasteiger partial charge on any atom is -0.351 e. The second-order valence-corrected chi connectivity index (χ2v) is 6.59. The van der Waals surface area contributed by atoms with Gasteiger partial charge in [0.25, 0.3) is 5.91 Å². The Kier molecular flexibility index (Phi) is 5.24. The van der Waals surface area contributed by atoms with Gasteiger partial charge in [-0.3, -0.25) is 4.79 Å². The maximum Gasteiger partial charge on any atom is 0.289 e. The van der Waals surface area contributed by atoms with Gasteiger partial charge in [-0.05, 0) is 12.3 Å². The van der Waals surface area contributed by atoms with Gasteiger partial charge < -0.3 is 9.80 Å². The van der Waals surface area contributed by atoms with E-state index in [1.165, 1.54) is 6.33 Å². The van der Waals surface area contributed by atoms with Crippen molar-refractivity contribution in [2.45, 2.75) is 33.4 Å². The molecule has 0 saturated carbocycles. The largest absolute Gasteiger partial charge is 0.351 e. The zero-order chi connectivity index (χ0) is 18.8. The molecule has 7 nitrogen and oxygen atoms in total. The Morgan fingerprint density at radius 1 is 1.15 bits per heavy atom. The topological polar surface area (TPSA) is 74.1 Å². The number of nitrogens with zero attached hydrogens (tertiary/aromatic N) is 6. The van der Waals surface area contributed by atoms with E-state index in [1.54, 1.807) is 13.8 Å². The molecule has 0 aromatic carbocycles. The van der Waals surface area contributed by atoms with E-state index in [-0.39, 0.29) is 23.4 Å². The summed E-state index contributed by atoms with van der Waals surface area (Å²) in [7, 11) is 0. The van der Waals surface area contributed by atoms with E-state index in [0.717, 1.165) is 0 Å². The number of aromatic nitrogens is 2. The van der Waals surface area contributed by atoms with Crippen molar-refractivity contribution in [2.75, 3.05) is 31.1 Å².